The molecule has 0 amide bonds. The van der Waals surface area contributed by atoms with E-state index in [1.807, 2.05) is 12.3 Å². The van der Waals surface area contributed by atoms with Crippen LogP contribution < -0.4 is 0 Å². The van der Waals surface area contributed by atoms with Crippen molar-refractivity contribution in [2.24, 2.45) is 10.8 Å². The highest BCUT2D eigenvalue weighted by molar-refractivity contribution is 6.46. The molecule has 1 atom stereocenters. The highest BCUT2D eigenvalue weighted by atomic mass is 14.7. The SMILES string of the molecule is CC(C)(C)C(C)(C)CBC1=CCCC(C2C=Cc3cccnc32)=C1. The Kier molecular flexibility index (Phi) is 4.59. The monoisotopic (exact) mass is 319 g/mol. The summed E-state index contributed by atoms with van der Waals surface area (Å²) in [5.41, 5.74) is 6.27. The molecule has 126 valence electrons. The highest BCUT2D eigenvalue weighted by Crippen LogP contribution is 2.42. The maximum absolute atomic E-state index is 4.64. The lowest BCUT2D eigenvalue weighted by Crippen LogP contribution is -2.30. The fourth-order valence-corrected chi connectivity index (χ4v) is 3.47. The summed E-state index contributed by atoms with van der Waals surface area (Å²) in [4.78, 5) is 4.64. The Bertz CT molecular complexity index is 701. The molecular formula is C22H30BN. The minimum atomic E-state index is 0.339. The summed E-state index contributed by atoms with van der Waals surface area (Å²) in [5, 5.41) is 0. The molecule has 0 aliphatic heterocycles. The minimum Gasteiger partial charge on any atom is -0.260 e. The number of fused-ring (bicyclic) bond motifs is 1. The maximum Gasteiger partial charge on any atom is 0.157 e. The molecule has 24 heavy (non-hydrogen) atoms. The predicted octanol–water partition coefficient (Wildman–Crippen LogP) is 5.72. The first-order chi connectivity index (χ1) is 11.3. The zero-order valence-electron chi connectivity index (χ0n) is 15.9. The Morgan fingerprint density at radius 3 is 2.75 bits per heavy atom. The normalized spacial score (nSPS) is 20.5. The van der Waals surface area contributed by atoms with Gasteiger partial charge in [-0.1, -0.05) is 82.4 Å². The third-order valence-electron chi connectivity index (χ3n) is 6.31. The Hall–Kier alpha value is -1.57. The lowest BCUT2D eigenvalue weighted by molar-refractivity contribution is 0.156. The van der Waals surface area contributed by atoms with Crippen LogP contribution in [0.1, 0.15) is 64.6 Å². The second-order valence-corrected chi connectivity index (χ2v) is 8.99. The molecule has 2 heteroatoms. The van der Waals surface area contributed by atoms with Gasteiger partial charge < -0.3 is 0 Å². The van der Waals surface area contributed by atoms with Crippen LogP contribution in [0.25, 0.3) is 6.08 Å². The molecule has 0 fully saturated rings. The van der Waals surface area contributed by atoms with Gasteiger partial charge in [-0.25, -0.2) is 0 Å². The highest BCUT2D eigenvalue weighted by Gasteiger charge is 2.32. The van der Waals surface area contributed by atoms with Crippen molar-refractivity contribution in [3.63, 3.8) is 0 Å². The summed E-state index contributed by atoms with van der Waals surface area (Å²) < 4.78 is 0. The van der Waals surface area contributed by atoms with Crippen LogP contribution >= 0.6 is 0 Å². The molecule has 0 N–H and O–H groups in total. The molecule has 3 rings (SSSR count). The molecule has 0 bridgehead atoms. The Morgan fingerprint density at radius 1 is 1.21 bits per heavy atom. The summed E-state index contributed by atoms with van der Waals surface area (Å²) in [7, 11) is 1.18. The van der Waals surface area contributed by atoms with Gasteiger partial charge in [0.25, 0.3) is 0 Å². The van der Waals surface area contributed by atoms with Gasteiger partial charge in [0.1, 0.15) is 0 Å². The van der Waals surface area contributed by atoms with Crippen molar-refractivity contribution in [2.45, 2.75) is 59.7 Å². The summed E-state index contributed by atoms with van der Waals surface area (Å²) in [6.45, 7) is 11.9. The molecule has 1 nitrogen and oxygen atoms in total. The van der Waals surface area contributed by atoms with Crippen LogP contribution in [0.3, 0.4) is 0 Å². The summed E-state index contributed by atoms with van der Waals surface area (Å²) in [5.74, 6) is 0.389. The number of nitrogens with zero attached hydrogens (tertiary/aromatic N) is 1. The zero-order chi connectivity index (χ0) is 17.4. The molecule has 0 spiro atoms. The van der Waals surface area contributed by atoms with Gasteiger partial charge in [-0.2, -0.15) is 0 Å². The van der Waals surface area contributed by atoms with Crippen LogP contribution in [0.15, 0.2) is 47.6 Å². The summed E-state index contributed by atoms with van der Waals surface area (Å²) in [6.07, 6.45) is 15.0. The van der Waals surface area contributed by atoms with E-state index in [1.165, 1.54) is 42.3 Å². The molecule has 0 aromatic carbocycles. The minimum absolute atomic E-state index is 0.339. The fourth-order valence-electron chi connectivity index (χ4n) is 3.47. The molecule has 2 aliphatic rings. The van der Waals surface area contributed by atoms with Crippen molar-refractivity contribution >= 4 is 13.4 Å². The van der Waals surface area contributed by atoms with Gasteiger partial charge >= 0.3 is 0 Å². The molecule has 1 aromatic heterocycles. The van der Waals surface area contributed by atoms with Crippen LogP contribution in [0.2, 0.25) is 6.32 Å². The van der Waals surface area contributed by atoms with Gasteiger partial charge in [-0.3, -0.25) is 4.98 Å². The van der Waals surface area contributed by atoms with E-state index in [0.717, 1.165) is 6.42 Å². The van der Waals surface area contributed by atoms with Crippen molar-refractivity contribution in [1.29, 1.82) is 0 Å². The first-order valence-corrected chi connectivity index (χ1v) is 9.30. The van der Waals surface area contributed by atoms with Gasteiger partial charge in [0, 0.05) is 12.1 Å². The quantitative estimate of drug-likeness (QED) is 0.646. The fraction of sp³-hybridized carbons (Fsp3) is 0.500. The van der Waals surface area contributed by atoms with E-state index in [4.69, 9.17) is 0 Å². The van der Waals surface area contributed by atoms with E-state index in [0.29, 0.717) is 16.7 Å². The standard InChI is InChI=1S/C22H30BN/c1-21(2,3)22(4,5)15-23-18-10-6-8-17(14-18)19-12-11-16-9-7-13-24-20(16)19/h7,9-14,19,23H,6,8,15H2,1-5H3. The van der Waals surface area contributed by atoms with Crippen molar-refractivity contribution in [2.75, 3.05) is 0 Å². The third-order valence-corrected chi connectivity index (χ3v) is 6.31. The van der Waals surface area contributed by atoms with Gasteiger partial charge in [0.15, 0.2) is 7.28 Å². The van der Waals surface area contributed by atoms with Crippen LogP contribution in [0.5, 0.6) is 0 Å². The molecule has 1 aromatic rings. The van der Waals surface area contributed by atoms with E-state index in [1.54, 1.807) is 0 Å². The second-order valence-electron chi connectivity index (χ2n) is 8.99. The lowest BCUT2D eigenvalue weighted by atomic mass is 9.52. The molecule has 1 unspecified atom stereocenters. The molecule has 2 aliphatic carbocycles. The summed E-state index contributed by atoms with van der Waals surface area (Å²) in [6, 6.07) is 4.20. The van der Waals surface area contributed by atoms with E-state index >= 15 is 0 Å². The largest absolute Gasteiger partial charge is 0.260 e. The molecule has 0 saturated heterocycles. The third kappa shape index (κ3) is 3.43. The zero-order valence-corrected chi connectivity index (χ0v) is 15.9. The van der Waals surface area contributed by atoms with Crippen LogP contribution in [-0.2, 0) is 0 Å². The Balaban J connectivity index is 1.72. The van der Waals surface area contributed by atoms with Crippen molar-refractivity contribution < 1.29 is 0 Å². The first kappa shape index (κ1) is 17.3. The van der Waals surface area contributed by atoms with E-state index in [2.05, 4.69) is 70.0 Å². The van der Waals surface area contributed by atoms with E-state index in [-0.39, 0.29) is 0 Å². The van der Waals surface area contributed by atoms with Gasteiger partial charge in [0.2, 0.25) is 0 Å². The first-order valence-electron chi connectivity index (χ1n) is 9.30. The number of hydrogen-bond acceptors (Lipinski definition) is 1. The molecule has 1 heterocycles. The molecular weight excluding hydrogens is 289 g/mol. The number of hydrogen-bond donors (Lipinski definition) is 0. The van der Waals surface area contributed by atoms with Crippen molar-refractivity contribution in [3.8, 4) is 0 Å². The van der Waals surface area contributed by atoms with Crippen LogP contribution in [0.4, 0.5) is 0 Å². The van der Waals surface area contributed by atoms with Gasteiger partial charge in [0.05, 0.1) is 5.69 Å². The van der Waals surface area contributed by atoms with Gasteiger partial charge in [-0.05, 0) is 35.3 Å². The summed E-state index contributed by atoms with van der Waals surface area (Å²) >= 11 is 0. The van der Waals surface area contributed by atoms with E-state index in [9.17, 15) is 0 Å². The number of pyridine rings is 1. The lowest BCUT2D eigenvalue weighted by Gasteiger charge is -2.39. The molecule has 0 saturated carbocycles. The smallest absolute Gasteiger partial charge is 0.157 e. The molecule has 0 radical (unpaired) electrons. The predicted molar refractivity (Wildman–Crippen MR) is 107 cm³/mol. The Labute approximate surface area is 148 Å². The van der Waals surface area contributed by atoms with Crippen molar-refractivity contribution in [1.82, 2.24) is 4.98 Å². The topological polar surface area (TPSA) is 12.9 Å². The number of rotatable bonds is 4. The van der Waals surface area contributed by atoms with Gasteiger partial charge in [-0.15, -0.1) is 0 Å². The number of aromatic nitrogens is 1. The Morgan fingerprint density at radius 2 is 2.00 bits per heavy atom. The van der Waals surface area contributed by atoms with Crippen LogP contribution in [-0.4, -0.2) is 12.3 Å². The average Bonchev–Trinajstić information content (AvgIpc) is 2.96. The number of allylic oxidation sites excluding steroid dienone is 5. The maximum atomic E-state index is 4.64. The van der Waals surface area contributed by atoms with Crippen molar-refractivity contribution in [3.05, 3.63) is 58.9 Å². The average molecular weight is 319 g/mol. The second kappa shape index (κ2) is 6.39. The van der Waals surface area contributed by atoms with E-state index < -0.39 is 0 Å². The van der Waals surface area contributed by atoms with Crippen LogP contribution in [0, 0.1) is 10.8 Å².